The predicted octanol–water partition coefficient (Wildman–Crippen LogP) is 8.37. The van der Waals surface area contributed by atoms with E-state index in [4.69, 9.17) is 0 Å². The molecule has 0 fully saturated rings. The largest absolute Gasteiger partial charge is 0.0616 e. The van der Waals surface area contributed by atoms with Crippen molar-refractivity contribution >= 4 is 64.6 Å². The van der Waals surface area contributed by atoms with Crippen LogP contribution in [-0.4, -0.2) is 0 Å². The van der Waals surface area contributed by atoms with E-state index in [1.54, 1.807) is 0 Å². The maximum atomic E-state index is 2.46. The Morgan fingerprint density at radius 2 is 0.781 bits per heavy atom. The molecule has 0 heteroatoms. The highest BCUT2D eigenvalue weighted by molar-refractivity contribution is 6.37. The van der Waals surface area contributed by atoms with Crippen LogP contribution in [0.5, 0.6) is 0 Å². The topological polar surface area (TPSA) is 0 Å². The average molecular weight is 400 g/mol. The number of fused-ring (bicyclic) bond motifs is 7. The Hall–Kier alpha value is -4.16. The number of benzene rings is 6. The fraction of sp³-hybridized carbons (Fsp3) is 0. The lowest BCUT2D eigenvalue weighted by molar-refractivity contribution is 1.49. The Kier molecular flexibility index (Phi) is 2.44. The van der Waals surface area contributed by atoms with Crippen molar-refractivity contribution in [3.05, 3.63) is 118 Å². The molecular formula is C32H16. The van der Waals surface area contributed by atoms with Crippen molar-refractivity contribution in [3.8, 4) is 0 Å². The van der Waals surface area contributed by atoms with E-state index in [-0.39, 0.29) is 0 Å². The van der Waals surface area contributed by atoms with Crippen LogP contribution in [0.4, 0.5) is 0 Å². The molecular weight excluding hydrogens is 384 g/mol. The summed E-state index contributed by atoms with van der Waals surface area (Å²) in [5, 5.41) is 22.1. The minimum atomic E-state index is 1.33. The first-order chi connectivity index (χ1) is 15.9. The van der Waals surface area contributed by atoms with Gasteiger partial charge in [-0.1, -0.05) is 84.9 Å². The van der Waals surface area contributed by atoms with Crippen molar-refractivity contribution in [1.29, 1.82) is 0 Å². The third-order valence-electron chi connectivity index (χ3n) is 7.89. The van der Waals surface area contributed by atoms with Gasteiger partial charge in [0.05, 0.1) is 0 Å². The van der Waals surface area contributed by atoms with Gasteiger partial charge >= 0.3 is 0 Å². The zero-order chi connectivity index (χ0) is 20.6. The maximum absolute atomic E-state index is 2.46. The summed E-state index contributed by atoms with van der Waals surface area (Å²) in [5.74, 6) is 0. The van der Waals surface area contributed by atoms with Gasteiger partial charge in [0, 0.05) is 0 Å². The van der Waals surface area contributed by atoms with Gasteiger partial charge in [-0.2, -0.15) is 0 Å². The quantitative estimate of drug-likeness (QED) is 0.240. The summed E-state index contributed by atoms with van der Waals surface area (Å²) < 4.78 is 0. The maximum Gasteiger partial charge on any atom is -0.00139 e. The summed E-state index contributed by atoms with van der Waals surface area (Å²) in [6.07, 6.45) is 0. The molecule has 1 aliphatic rings. The molecule has 0 saturated carbocycles. The Morgan fingerprint density at radius 3 is 1.31 bits per heavy atom. The first kappa shape index (κ1) is 15.6. The fourth-order valence-electron chi connectivity index (χ4n) is 6.63. The van der Waals surface area contributed by atoms with Crippen molar-refractivity contribution in [2.75, 3.05) is 0 Å². The van der Waals surface area contributed by atoms with Gasteiger partial charge in [0.15, 0.2) is 0 Å². The van der Waals surface area contributed by atoms with Gasteiger partial charge in [-0.15, -0.1) is 0 Å². The predicted molar refractivity (Wildman–Crippen MR) is 136 cm³/mol. The van der Waals surface area contributed by atoms with E-state index in [1.807, 2.05) is 0 Å². The van der Waals surface area contributed by atoms with Crippen LogP contribution in [0, 0.1) is 20.9 Å². The third kappa shape index (κ3) is 1.57. The molecule has 1 aliphatic carbocycles. The fourth-order valence-corrected chi connectivity index (χ4v) is 6.63. The van der Waals surface area contributed by atoms with Crippen molar-refractivity contribution in [3.63, 3.8) is 0 Å². The molecule has 0 nitrogen and oxygen atoms in total. The Bertz CT molecular complexity index is 2130. The van der Waals surface area contributed by atoms with Gasteiger partial charge in [0.1, 0.15) is 0 Å². The van der Waals surface area contributed by atoms with Crippen LogP contribution < -0.4 is 0 Å². The van der Waals surface area contributed by atoms with Crippen molar-refractivity contribution < 1.29 is 0 Å². The molecule has 9 rings (SSSR count). The lowest BCUT2D eigenvalue weighted by Crippen LogP contribution is -1.75. The molecule has 8 aromatic rings. The van der Waals surface area contributed by atoms with Crippen LogP contribution in [0.25, 0.3) is 64.6 Å². The smallest absolute Gasteiger partial charge is 0.00139 e. The SMILES string of the molecule is c1ccc2c(c1)=c1ccc3c4cc5c(cc4c4ccc=2c1c34)c1cccc2cccc5c21. The first-order valence-corrected chi connectivity index (χ1v) is 11.3. The molecule has 0 aliphatic heterocycles. The summed E-state index contributed by atoms with van der Waals surface area (Å²) in [6, 6.07) is 36.6. The monoisotopic (exact) mass is 400 g/mol. The molecule has 0 bridgehead atoms. The van der Waals surface area contributed by atoms with E-state index >= 15 is 0 Å². The summed E-state index contributed by atoms with van der Waals surface area (Å²) in [7, 11) is 0. The number of rotatable bonds is 0. The van der Waals surface area contributed by atoms with E-state index in [0.717, 1.165) is 0 Å². The van der Waals surface area contributed by atoms with Gasteiger partial charge < -0.3 is 0 Å². The summed E-state index contributed by atoms with van der Waals surface area (Å²) >= 11 is 0. The highest BCUT2D eigenvalue weighted by Gasteiger charge is 2.18. The van der Waals surface area contributed by atoms with Gasteiger partial charge in [0.2, 0.25) is 0 Å². The molecule has 32 heavy (non-hydrogen) atoms. The molecule has 0 radical (unpaired) electrons. The molecule has 0 heterocycles. The van der Waals surface area contributed by atoms with Crippen LogP contribution >= 0.6 is 0 Å². The van der Waals surface area contributed by atoms with Crippen molar-refractivity contribution in [1.82, 2.24) is 0 Å². The molecule has 0 amide bonds. The Morgan fingerprint density at radius 1 is 0.281 bits per heavy atom. The summed E-state index contributed by atoms with van der Waals surface area (Å²) in [5.41, 5.74) is 0. The van der Waals surface area contributed by atoms with E-state index in [1.165, 1.54) is 85.5 Å². The molecule has 0 spiro atoms. The second-order valence-electron chi connectivity index (χ2n) is 9.27. The van der Waals surface area contributed by atoms with Gasteiger partial charge in [0.25, 0.3) is 0 Å². The number of hydrogen-bond donors (Lipinski definition) is 0. The highest BCUT2D eigenvalue weighted by atomic mass is 14.2. The van der Waals surface area contributed by atoms with Gasteiger partial charge in [-0.3, -0.25) is 0 Å². The molecule has 8 aromatic carbocycles. The third-order valence-corrected chi connectivity index (χ3v) is 7.89. The van der Waals surface area contributed by atoms with Gasteiger partial charge in [-0.25, -0.2) is 0 Å². The molecule has 144 valence electrons. The van der Waals surface area contributed by atoms with Crippen LogP contribution in [-0.2, 0) is 0 Å². The van der Waals surface area contributed by atoms with Crippen LogP contribution in [0.15, 0.2) is 97.1 Å². The van der Waals surface area contributed by atoms with Crippen molar-refractivity contribution in [2.24, 2.45) is 0 Å². The van der Waals surface area contributed by atoms with Crippen LogP contribution in [0.1, 0.15) is 0 Å². The summed E-state index contributed by atoms with van der Waals surface area (Å²) in [4.78, 5) is 0. The standard InChI is InChI=1S/C32H16/c1-2-8-19-18(7-1)22-11-13-24-28-15-26-20-9-3-5-17-6-4-10-21(30(17)20)27(26)16-29(28)25-14-12-23(19)31(22)32(24)25/h1-16H. The van der Waals surface area contributed by atoms with Crippen LogP contribution in [0.2, 0.25) is 0 Å². The summed E-state index contributed by atoms with van der Waals surface area (Å²) in [6.45, 7) is 0. The van der Waals surface area contributed by atoms with Crippen molar-refractivity contribution in [2.45, 2.75) is 0 Å². The zero-order valence-electron chi connectivity index (χ0n) is 17.2. The Labute approximate surface area is 182 Å². The average Bonchev–Trinajstić information content (AvgIpc) is 3.46. The molecule has 0 saturated heterocycles. The first-order valence-electron chi connectivity index (χ1n) is 11.3. The molecule has 0 unspecified atom stereocenters. The second kappa shape index (κ2) is 5.00. The lowest BCUT2D eigenvalue weighted by atomic mass is 10.0. The molecule has 0 atom stereocenters. The molecule has 0 aromatic heterocycles. The van der Waals surface area contributed by atoms with Crippen LogP contribution in [0.3, 0.4) is 0 Å². The number of hydrogen-bond acceptors (Lipinski definition) is 0. The minimum absolute atomic E-state index is 1.33. The zero-order valence-corrected chi connectivity index (χ0v) is 17.2. The van der Waals surface area contributed by atoms with E-state index in [2.05, 4.69) is 97.1 Å². The highest BCUT2D eigenvalue weighted by Crippen LogP contribution is 2.45. The lowest BCUT2D eigenvalue weighted by Gasteiger charge is -1.99. The van der Waals surface area contributed by atoms with E-state index in [0.29, 0.717) is 0 Å². The van der Waals surface area contributed by atoms with E-state index in [9.17, 15) is 0 Å². The Balaban J connectivity index is 1.61. The van der Waals surface area contributed by atoms with E-state index < -0.39 is 0 Å². The van der Waals surface area contributed by atoms with Gasteiger partial charge in [-0.05, 0) is 97.6 Å². The normalized spacial score (nSPS) is 13.0. The molecule has 0 N–H and O–H groups in total. The minimum Gasteiger partial charge on any atom is -0.0616 e. The second-order valence-corrected chi connectivity index (χ2v) is 9.27.